The van der Waals surface area contributed by atoms with E-state index in [4.69, 9.17) is 21.6 Å². The molecular weight excluding hydrogens is 583 g/mol. The maximum atomic E-state index is 13.9. The predicted molar refractivity (Wildman–Crippen MR) is 174 cm³/mol. The van der Waals surface area contributed by atoms with Crippen molar-refractivity contribution in [3.05, 3.63) is 82.3 Å². The Morgan fingerprint density at radius 3 is 2.64 bits per heavy atom. The number of nitrogens with zero attached hydrogens (tertiary/aromatic N) is 4. The quantitative estimate of drug-likeness (QED) is 0.349. The Morgan fingerprint density at radius 1 is 1.02 bits per heavy atom. The molecule has 5 nitrogen and oxygen atoms in total. The molecule has 3 heterocycles. The van der Waals surface area contributed by atoms with Gasteiger partial charge in [-0.05, 0) is 92.8 Å². The molecule has 0 spiro atoms. The molecule has 2 aliphatic heterocycles. The van der Waals surface area contributed by atoms with E-state index < -0.39 is 11.7 Å². The number of likely N-dealkylation sites (tertiary alicyclic amines) is 1. The number of aromatic nitrogens is 1. The van der Waals surface area contributed by atoms with Crippen molar-refractivity contribution in [2.45, 2.75) is 83.9 Å². The van der Waals surface area contributed by atoms with Crippen molar-refractivity contribution in [3.8, 4) is 0 Å². The minimum absolute atomic E-state index is 0.0395. The molecule has 3 unspecified atom stereocenters. The van der Waals surface area contributed by atoms with Gasteiger partial charge in [0.05, 0.1) is 23.7 Å². The van der Waals surface area contributed by atoms with Crippen LogP contribution in [0.4, 0.5) is 13.2 Å². The second-order valence-corrected chi connectivity index (χ2v) is 12.2. The Kier molecular flexibility index (Phi) is 11.0. The second kappa shape index (κ2) is 14.9. The summed E-state index contributed by atoms with van der Waals surface area (Å²) in [6.07, 6.45) is 10.2. The van der Waals surface area contributed by atoms with E-state index in [9.17, 15) is 13.2 Å². The lowest BCUT2D eigenvalue weighted by Crippen LogP contribution is -2.51. The molecule has 0 amide bonds. The van der Waals surface area contributed by atoms with Gasteiger partial charge in [-0.15, -0.1) is 0 Å². The van der Waals surface area contributed by atoms with Gasteiger partial charge >= 0.3 is 6.18 Å². The molecule has 1 aromatic carbocycles. The van der Waals surface area contributed by atoms with Crippen LogP contribution in [0.25, 0.3) is 5.57 Å². The first-order valence-corrected chi connectivity index (χ1v) is 16.6. The lowest BCUT2D eigenvalue weighted by molar-refractivity contribution is -0.138. The number of benzene rings is 1. The molecular formula is C35H43ClF3N5. The molecule has 44 heavy (non-hydrogen) atoms. The average Bonchev–Trinajstić information content (AvgIpc) is 3.25. The number of amidine groups is 2. The Balaban J connectivity index is 0.00000188. The van der Waals surface area contributed by atoms with Crippen molar-refractivity contribution in [1.29, 1.82) is 0 Å². The lowest BCUT2D eigenvalue weighted by Gasteiger charge is -2.44. The number of pyridine rings is 1. The highest BCUT2D eigenvalue weighted by atomic mass is 35.5. The van der Waals surface area contributed by atoms with Gasteiger partial charge in [0.15, 0.2) is 0 Å². The molecule has 0 radical (unpaired) electrons. The van der Waals surface area contributed by atoms with E-state index in [2.05, 4.69) is 15.2 Å². The zero-order valence-corrected chi connectivity index (χ0v) is 26.5. The molecule has 2 aromatic rings. The number of allylic oxidation sites excluding steroid dienone is 3. The number of aliphatic imine (C=N–C) groups is 2. The van der Waals surface area contributed by atoms with Crippen molar-refractivity contribution in [2.75, 3.05) is 19.6 Å². The fourth-order valence-corrected chi connectivity index (χ4v) is 7.28. The summed E-state index contributed by atoms with van der Waals surface area (Å²) in [6, 6.07) is 10.8. The van der Waals surface area contributed by atoms with Gasteiger partial charge in [-0.1, -0.05) is 62.6 Å². The Hall–Kier alpha value is -2.97. The maximum absolute atomic E-state index is 13.9. The van der Waals surface area contributed by atoms with Crippen molar-refractivity contribution >= 4 is 28.8 Å². The number of hydrogen-bond acceptors (Lipinski definition) is 4. The number of rotatable bonds is 6. The van der Waals surface area contributed by atoms with Crippen LogP contribution < -0.4 is 5.32 Å². The zero-order valence-electron chi connectivity index (χ0n) is 25.7. The Labute approximate surface area is 264 Å². The van der Waals surface area contributed by atoms with Gasteiger partial charge in [-0.2, -0.15) is 13.2 Å². The van der Waals surface area contributed by atoms with Crippen LogP contribution in [-0.4, -0.2) is 47.2 Å². The first-order chi connectivity index (χ1) is 21.4. The molecule has 2 fully saturated rings. The molecule has 236 valence electrons. The van der Waals surface area contributed by atoms with Crippen LogP contribution in [0.15, 0.2) is 70.4 Å². The summed E-state index contributed by atoms with van der Waals surface area (Å²) in [5.74, 6) is 2.17. The number of nitrogens with one attached hydrogen (secondary N) is 1. The predicted octanol–water partition coefficient (Wildman–Crippen LogP) is 8.75. The van der Waals surface area contributed by atoms with Gasteiger partial charge in [0.25, 0.3) is 0 Å². The molecule has 4 aliphatic rings. The molecule has 6 rings (SSSR count). The van der Waals surface area contributed by atoms with Crippen LogP contribution in [0.2, 0.25) is 5.02 Å². The van der Waals surface area contributed by atoms with Gasteiger partial charge in [-0.25, -0.2) is 4.99 Å². The summed E-state index contributed by atoms with van der Waals surface area (Å²) in [4.78, 5) is 16.8. The van der Waals surface area contributed by atoms with Gasteiger partial charge in [0.1, 0.15) is 11.7 Å². The summed E-state index contributed by atoms with van der Waals surface area (Å²) in [7, 11) is 0. The van der Waals surface area contributed by atoms with E-state index in [1.165, 1.54) is 50.8 Å². The van der Waals surface area contributed by atoms with E-state index in [0.717, 1.165) is 46.5 Å². The van der Waals surface area contributed by atoms with E-state index in [-0.39, 0.29) is 11.6 Å². The fraction of sp³-hybridized carbons (Fsp3) is 0.514. The first-order valence-electron chi connectivity index (χ1n) is 16.2. The van der Waals surface area contributed by atoms with E-state index in [0.29, 0.717) is 44.0 Å². The number of halogens is 4. The third-order valence-corrected chi connectivity index (χ3v) is 9.43. The van der Waals surface area contributed by atoms with Crippen molar-refractivity contribution < 1.29 is 13.2 Å². The molecule has 2 aliphatic carbocycles. The molecule has 1 N–H and O–H groups in total. The molecule has 1 saturated carbocycles. The first kappa shape index (κ1) is 32.4. The van der Waals surface area contributed by atoms with Gasteiger partial charge in [-0.3, -0.25) is 14.9 Å². The van der Waals surface area contributed by atoms with Crippen molar-refractivity contribution in [3.63, 3.8) is 0 Å². The third-order valence-electron chi connectivity index (χ3n) is 9.07. The highest BCUT2D eigenvalue weighted by Crippen LogP contribution is 2.38. The Bertz CT molecular complexity index is 1410. The third kappa shape index (κ3) is 7.63. The SMILES string of the molecule is CC.FC(F)(F)c1cccnc1C1=CCCC2C(=C1)NC(CN1CCCC3CCCCC31)=NC2=NCCc1ccccc1Cl. The summed E-state index contributed by atoms with van der Waals surface area (Å²) in [5, 5.41) is 4.28. The van der Waals surface area contributed by atoms with Crippen LogP contribution in [0.1, 0.15) is 82.0 Å². The van der Waals surface area contributed by atoms with E-state index in [1.807, 2.05) is 50.3 Å². The summed E-state index contributed by atoms with van der Waals surface area (Å²) in [5.41, 5.74) is 1.60. The number of fused-ring (bicyclic) bond motifs is 2. The summed E-state index contributed by atoms with van der Waals surface area (Å²) >= 11 is 6.39. The second-order valence-electron chi connectivity index (χ2n) is 11.8. The van der Waals surface area contributed by atoms with Gasteiger partial charge in [0.2, 0.25) is 0 Å². The smallest absolute Gasteiger partial charge is 0.345 e. The van der Waals surface area contributed by atoms with Crippen molar-refractivity contribution in [2.24, 2.45) is 21.8 Å². The Morgan fingerprint density at radius 2 is 1.82 bits per heavy atom. The fourth-order valence-electron chi connectivity index (χ4n) is 7.05. The molecule has 3 atom stereocenters. The summed E-state index contributed by atoms with van der Waals surface area (Å²) in [6.45, 7) is 6.26. The zero-order chi connectivity index (χ0) is 31.1. The monoisotopic (exact) mass is 625 g/mol. The highest BCUT2D eigenvalue weighted by molar-refractivity contribution is 6.31. The molecule has 9 heteroatoms. The average molecular weight is 626 g/mol. The van der Waals surface area contributed by atoms with E-state index in [1.54, 1.807) is 0 Å². The van der Waals surface area contributed by atoms with Gasteiger partial charge in [0, 0.05) is 29.5 Å². The van der Waals surface area contributed by atoms with Crippen LogP contribution in [0.3, 0.4) is 0 Å². The number of alkyl halides is 3. The van der Waals surface area contributed by atoms with Crippen LogP contribution in [0, 0.1) is 11.8 Å². The minimum Gasteiger partial charge on any atom is -0.345 e. The van der Waals surface area contributed by atoms with E-state index >= 15 is 0 Å². The topological polar surface area (TPSA) is 52.9 Å². The van der Waals surface area contributed by atoms with Crippen LogP contribution in [0.5, 0.6) is 0 Å². The van der Waals surface area contributed by atoms with Crippen LogP contribution >= 0.6 is 11.6 Å². The number of piperidine rings is 1. The van der Waals surface area contributed by atoms with Crippen LogP contribution in [-0.2, 0) is 12.6 Å². The van der Waals surface area contributed by atoms with Crippen molar-refractivity contribution in [1.82, 2.24) is 15.2 Å². The normalized spacial score (nSPS) is 24.8. The lowest BCUT2D eigenvalue weighted by atomic mass is 9.78. The largest absolute Gasteiger partial charge is 0.418 e. The maximum Gasteiger partial charge on any atom is 0.418 e. The standard InChI is InChI=1S/C33H37ClF3N5.C2H6/c34-27-14-3-1-8-22(27)16-18-39-32-25-12-5-10-24(31-26(33(35,36)37)13-6-17-38-31)20-28(25)40-30(41-32)21-42-19-7-11-23-9-2-4-15-29(23)42;1-2/h1,3,6,8,10,13-14,17,20,23,25,29H,2,4-5,7,9,11-12,15-16,18-19,21H2,(H,39,40,41);1-2H3. The van der Waals surface area contributed by atoms with Gasteiger partial charge < -0.3 is 5.32 Å². The summed E-state index contributed by atoms with van der Waals surface area (Å²) < 4.78 is 41.7. The molecule has 0 bridgehead atoms. The molecule has 1 saturated heterocycles. The highest BCUT2D eigenvalue weighted by Gasteiger charge is 2.37. The minimum atomic E-state index is -4.49. The molecule has 1 aromatic heterocycles. The number of hydrogen-bond donors (Lipinski definition) is 1.